The van der Waals surface area contributed by atoms with Crippen molar-refractivity contribution in [1.29, 1.82) is 0 Å². The van der Waals surface area contributed by atoms with E-state index in [4.69, 9.17) is 10.5 Å². The van der Waals surface area contributed by atoms with Crippen LogP contribution in [0.1, 0.15) is 39.1 Å². The van der Waals surface area contributed by atoms with Gasteiger partial charge in [-0.15, -0.1) is 0 Å². The van der Waals surface area contributed by atoms with Gasteiger partial charge in [0.1, 0.15) is 12.4 Å². The second-order valence-corrected chi connectivity index (χ2v) is 8.16. The molecule has 3 N–H and O–H groups in total. The minimum absolute atomic E-state index is 0.162. The molecule has 1 fully saturated rings. The van der Waals surface area contributed by atoms with E-state index in [0.29, 0.717) is 37.1 Å². The quantitative estimate of drug-likeness (QED) is 0.525. The molecular formula is C26H26N4O4. The molecule has 2 aromatic carbocycles. The number of amides is 2. The number of aromatic nitrogens is 1. The second-order valence-electron chi connectivity index (χ2n) is 8.16. The summed E-state index contributed by atoms with van der Waals surface area (Å²) in [6, 6.07) is 19.7. The average molecular weight is 459 g/mol. The Hall–Kier alpha value is -4.20. The average Bonchev–Trinajstić information content (AvgIpc) is 2.88. The maximum atomic E-state index is 12.5. The van der Waals surface area contributed by atoms with Gasteiger partial charge in [0.15, 0.2) is 0 Å². The molecule has 0 aliphatic carbocycles. The summed E-state index contributed by atoms with van der Waals surface area (Å²) < 4.78 is 5.52. The third kappa shape index (κ3) is 5.78. The van der Waals surface area contributed by atoms with Crippen molar-refractivity contribution in [3.05, 3.63) is 89.6 Å². The Balaban J connectivity index is 1.23. The van der Waals surface area contributed by atoms with Crippen molar-refractivity contribution in [2.45, 2.75) is 19.4 Å². The summed E-state index contributed by atoms with van der Waals surface area (Å²) in [7, 11) is 0. The van der Waals surface area contributed by atoms with Crippen molar-refractivity contribution in [2.75, 3.05) is 23.3 Å². The first-order chi connectivity index (χ1) is 16.5. The molecule has 1 aliphatic heterocycles. The molecule has 0 saturated carbocycles. The van der Waals surface area contributed by atoms with Gasteiger partial charge < -0.3 is 20.7 Å². The number of ether oxygens (including phenoxy) is 1. The molecule has 0 unspecified atom stereocenters. The molecular weight excluding hydrogens is 432 g/mol. The monoisotopic (exact) mass is 458 g/mol. The number of anilines is 2. The molecule has 0 radical (unpaired) electrons. The van der Waals surface area contributed by atoms with Gasteiger partial charge in [-0.25, -0.2) is 4.98 Å². The lowest BCUT2D eigenvalue weighted by Crippen LogP contribution is -2.37. The molecule has 1 aromatic heterocycles. The maximum absolute atomic E-state index is 12.5. The molecule has 3 aromatic rings. The molecule has 8 nitrogen and oxygen atoms in total. The Bertz CT molecular complexity index is 1140. The van der Waals surface area contributed by atoms with Crippen LogP contribution < -0.4 is 16.0 Å². The summed E-state index contributed by atoms with van der Waals surface area (Å²) in [5.41, 5.74) is 7.70. The van der Waals surface area contributed by atoms with Crippen LogP contribution in [0.3, 0.4) is 0 Å². The normalized spacial score (nSPS) is 13.8. The predicted octanol–water partition coefficient (Wildman–Crippen LogP) is 3.39. The Morgan fingerprint density at radius 1 is 0.941 bits per heavy atom. The fourth-order valence-corrected chi connectivity index (χ4v) is 3.81. The van der Waals surface area contributed by atoms with Crippen LogP contribution in [0.15, 0.2) is 72.9 Å². The number of carbonyl (C=O) groups is 3. The van der Waals surface area contributed by atoms with Crippen LogP contribution in [0, 0.1) is 5.92 Å². The Morgan fingerprint density at radius 2 is 1.62 bits per heavy atom. The van der Waals surface area contributed by atoms with Crippen LogP contribution >= 0.6 is 0 Å². The summed E-state index contributed by atoms with van der Waals surface area (Å²) in [6.45, 7) is 1.51. The lowest BCUT2D eigenvalue weighted by Gasteiger charge is -2.31. The SMILES string of the molecule is NC(=O)c1ccc(N2CCC(C(=O)OCc3ccc(C(=O)Nc4ccccc4)cc3)CC2)nc1. The number of nitrogens with zero attached hydrogens (tertiary/aromatic N) is 2. The number of nitrogens with two attached hydrogens (primary N) is 1. The first kappa shape index (κ1) is 23.0. The van der Waals surface area contributed by atoms with Gasteiger partial charge in [0.05, 0.1) is 11.5 Å². The van der Waals surface area contributed by atoms with E-state index in [2.05, 4.69) is 15.2 Å². The molecule has 1 saturated heterocycles. The van der Waals surface area contributed by atoms with E-state index in [0.717, 1.165) is 17.1 Å². The predicted molar refractivity (Wildman–Crippen MR) is 128 cm³/mol. The molecule has 34 heavy (non-hydrogen) atoms. The number of nitrogens with one attached hydrogen (secondary N) is 1. The first-order valence-electron chi connectivity index (χ1n) is 11.1. The largest absolute Gasteiger partial charge is 0.461 e. The maximum Gasteiger partial charge on any atom is 0.309 e. The van der Waals surface area contributed by atoms with Crippen LogP contribution in [0.25, 0.3) is 0 Å². The number of piperidine rings is 1. The molecule has 2 heterocycles. The number of carbonyl (C=O) groups excluding carboxylic acids is 3. The minimum atomic E-state index is -0.509. The van der Waals surface area contributed by atoms with E-state index < -0.39 is 5.91 Å². The zero-order valence-corrected chi connectivity index (χ0v) is 18.6. The van der Waals surface area contributed by atoms with Gasteiger partial charge in [0, 0.05) is 30.5 Å². The van der Waals surface area contributed by atoms with E-state index in [1.807, 2.05) is 30.3 Å². The van der Waals surface area contributed by atoms with Gasteiger partial charge in [0.2, 0.25) is 5.91 Å². The molecule has 1 aliphatic rings. The van der Waals surface area contributed by atoms with Crippen molar-refractivity contribution in [3.63, 3.8) is 0 Å². The van der Waals surface area contributed by atoms with Gasteiger partial charge in [-0.1, -0.05) is 30.3 Å². The number of benzene rings is 2. The number of para-hydroxylation sites is 1. The van der Waals surface area contributed by atoms with E-state index in [1.165, 1.54) is 6.20 Å². The van der Waals surface area contributed by atoms with Crippen LogP contribution in [-0.2, 0) is 16.1 Å². The second kappa shape index (κ2) is 10.6. The third-order valence-corrected chi connectivity index (χ3v) is 5.81. The van der Waals surface area contributed by atoms with Crippen LogP contribution in [-0.4, -0.2) is 35.9 Å². The minimum Gasteiger partial charge on any atom is -0.461 e. The summed E-state index contributed by atoms with van der Waals surface area (Å²) in [5.74, 6) is -0.335. The Morgan fingerprint density at radius 3 is 2.24 bits per heavy atom. The van der Waals surface area contributed by atoms with E-state index >= 15 is 0 Å². The van der Waals surface area contributed by atoms with E-state index in [-0.39, 0.29) is 24.4 Å². The highest BCUT2D eigenvalue weighted by molar-refractivity contribution is 6.04. The molecule has 2 amide bonds. The smallest absolute Gasteiger partial charge is 0.309 e. The zero-order chi connectivity index (χ0) is 23.9. The Labute approximate surface area is 197 Å². The lowest BCUT2D eigenvalue weighted by molar-refractivity contribution is -0.150. The number of primary amides is 1. The fourth-order valence-electron chi connectivity index (χ4n) is 3.81. The van der Waals surface area contributed by atoms with Crippen molar-refractivity contribution >= 4 is 29.3 Å². The summed E-state index contributed by atoms with van der Waals surface area (Å²) >= 11 is 0. The number of hydrogen-bond donors (Lipinski definition) is 2. The highest BCUT2D eigenvalue weighted by Gasteiger charge is 2.27. The fraction of sp³-hybridized carbons (Fsp3) is 0.231. The van der Waals surface area contributed by atoms with Gasteiger partial charge >= 0.3 is 5.97 Å². The highest BCUT2D eigenvalue weighted by Crippen LogP contribution is 2.23. The summed E-state index contributed by atoms with van der Waals surface area (Å²) in [4.78, 5) is 42.4. The van der Waals surface area contributed by atoms with Crippen molar-refractivity contribution in [2.24, 2.45) is 11.7 Å². The van der Waals surface area contributed by atoms with Crippen molar-refractivity contribution in [3.8, 4) is 0 Å². The van der Waals surface area contributed by atoms with E-state index in [1.54, 1.807) is 36.4 Å². The molecule has 174 valence electrons. The van der Waals surface area contributed by atoms with Gasteiger partial charge in [-0.3, -0.25) is 14.4 Å². The van der Waals surface area contributed by atoms with Crippen LogP contribution in [0.2, 0.25) is 0 Å². The highest BCUT2D eigenvalue weighted by atomic mass is 16.5. The van der Waals surface area contributed by atoms with Crippen molar-refractivity contribution < 1.29 is 19.1 Å². The van der Waals surface area contributed by atoms with E-state index in [9.17, 15) is 14.4 Å². The van der Waals surface area contributed by atoms with Gasteiger partial charge in [-0.2, -0.15) is 0 Å². The zero-order valence-electron chi connectivity index (χ0n) is 18.6. The molecule has 0 spiro atoms. The molecule has 0 bridgehead atoms. The first-order valence-corrected chi connectivity index (χ1v) is 11.1. The topological polar surface area (TPSA) is 115 Å². The number of hydrogen-bond acceptors (Lipinski definition) is 6. The molecule has 8 heteroatoms. The van der Waals surface area contributed by atoms with Gasteiger partial charge in [-0.05, 0) is 54.8 Å². The number of esters is 1. The third-order valence-electron chi connectivity index (χ3n) is 5.81. The lowest BCUT2D eigenvalue weighted by atomic mass is 9.97. The number of pyridine rings is 1. The summed E-state index contributed by atoms with van der Waals surface area (Å²) in [5, 5.41) is 2.84. The summed E-state index contributed by atoms with van der Waals surface area (Å²) in [6.07, 6.45) is 2.79. The van der Waals surface area contributed by atoms with Crippen LogP contribution in [0.4, 0.5) is 11.5 Å². The molecule has 4 rings (SSSR count). The van der Waals surface area contributed by atoms with Gasteiger partial charge in [0.25, 0.3) is 5.91 Å². The standard InChI is InChI=1S/C26H26N4O4/c27-24(31)21-10-11-23(28-16-21)30-14-12-20(13-15-30)26(33)34-17-18-6-8-19(9-7-18)25(32)29-22-4-2-1-3-5-22/h1-11,16,20H,12-15,17H2,(H2,27,31)(H,29,32). The van der Waals surface area contributed by atoms with Crippen molar-refractivity contribution in [1.82, 2.24) is 4.98 Å². The Kier molecular flexibility index (Phi) is 7.17. The molecule has 0 atom stereocenters. The number of rotatable bonds is 7. The van der Waals surface area contributed by atoms with Crippen LogP contribution in [0.5, 0.6) is 0 Å².